The van der Waals surface area contributed by atoms with Gasteiger partial charge in [-0.05, 0) is 42.1 Å². The minimum absolute atomic E-state index is 0.0432. The Morgan fingerprint density at radius 1 is 0.825 bits per heavy atom. The summed E-state index contributed by atoms with van der Waals surface area (Å²) in [6, 6.07) is 3.95. The van der Waals surface area contributed by atoms with E-state index in [0.29, 0.717) is 6.07 Å². The van der Waals surface area contributed by atoms with Crippen molar-refractivity contribution in [3.05, 3.63) is 35.9 Å². The summed E-state index contributed by atoms with van der Waals surface area (Å²) in [5.41, 5.74) is 3.96. The number of benzene rings is 3. The summed E-state index contributed by atoms with van der Waals surface area (Å²) in [4.78, 5) is -2.28. The van der Waals surface area contributed by atoms with Gasteiger partial charge in [0.25, 0.3) is 20.2 Å². The van der Waals surface area contributed by atoms with Gasteiger partial charge in [0, 0.05) is 17.1 Å². The van der Waals surface area contributed by atoms with Crippen molar-refractivity contribution in [1.82, 2.24) is 0 Å². The minimum atomic E-state index is -5.16. The second-order valence-corrected chi connectivity index (χ2v) is 14.0. The summed E-state index contributed by atoms with van der Waals surface area (Å²) in [6.07, 6.45) is 0. The van der Waals surface area contributed by atoms with E-state index in [9.17, 15) is 53.0 Å². The number of aryl methyl sites for hydroxylation is 1. The fourth-order valence-corrected chi connectivity index (χ4v) is 6.45. The van der Waals surface area contributed by atoms with Crippen LogP contribution in [0.2, 0.25) is 0 Å². The zero-order valence-electron chi connectivity index (χ0n) is 19.8. The highest BCUT2D eigenvalue weighted by Gasteiger charge is 2.25. The van der Waals surface area contributed by atoms with Gasteiger partial charge in [0.1, 0.15) is 22.0 Å². The highest BCUT2D eigenvalue weighted by Crippen LogP contribution is 2.45. The molecule has 0 amide bonds. The van der Waals surface area contributed by atoms with Crippen LogP contribution in [0.4, 0.5) is 17.1 Å². The SMILES string of the molecule is Cc1cc(N=Nc2c(S(=O)(=O)O)cc3cc(S(=O)(=O)O)cc(N)c3c2O)c(O)cc1S(=O)(=O)CCOS(=O)(=O)O. The van der Waals surface area contributed by atoms with Crippen molar-refractivity contribution in [3.63, 3.8) is 0 Å². The Hall–Kier alpha value is -3.44. The lowest BCUT2D eigenvalue weighted by Crippen LogP contribution is -2.16. The maximum absolute atomic E-state index is 12.5. The van der Waals surface area contributed by atoms with E-state index in [2.05, 4.69) is 14.4 Å². The molecule has 3 rings (SSSR count). The van der Waals surface area contributed by atoms with Crippen LogP contribution in [-0.2, 0) is 44.7 Å². The van der Waals surface area contributed by atoms with E-state index in [4.69, 9.17) is 10.3 Å². The van der Waals surface area contributed by atoms with Gasteiger partial charge in [-0.15, -0.1) is 10.2 Å². The number of hydrogen-bond acceptors (Lipinski definition) is 14. The van der Waals surface area contributed by atoms with E-state index in [0.717, 1.165) is 24.3 Å². The zero-order valence-corrected chi connectivity index (χ0v) is 23.1. The number of phenols is 2. The number of aromatic hydroxyl groups is 2. The highest BCUT2D eigenvalue weighted by molar-refractivity contribution is 7.91. The third-order valence-corrected chi connectivity index (χ3v) is 9.16. The molecule has 0 atom stereocenters. The summed E-state index contributed by atoms with van der Waals surface area (Å²) in [6.45, 7) is 0.330. The fourth-order valence-electron chi connectivity index (χ4n) is 3.47. The number of azo groups is 1. The largest absolute Gasteiger partial charge is 0.506 e. The molecule has 218 valence electrons. The highest BCUT2D eigenvalue weighted by atomic mass is 32.3. The topological polar surface area (TPSA) is 298 Å². The summed E-state index contributed by atoms with van der Waals surface area (Å²) in [7, 11) is -19.1. The third kappa shape index (κ3) is 6.82. The number of nitrogens with zero attached hydrogens (tertiary/aromatic N) is 2. The first-order valence-electron chi connectivity index (χ1n) is 10.3. The van der Waals surface area contributed by atoms with E-state index in [-0.39, 0.29) is 16.3 Å². The molecule has 0 fully saturated rings. The molecule has 0 saturated carbocycles. The normalized spacial score (nSPS) is 13.3. The number of anilines is 1. The van der Waals surface area contributed by atoms with Gasteiger partial charge in [-0.1, -0.05) is 0 Å². The van der Waals surface area contributed by atoms with Crippen molar-refractivity contribution < 1.29 is 61.7 Å². The van der Waals surface area contributed by atoms with Crippen LogP contribution in [0.15, 0.2) is 55.2 Å². The molecule has 0 aromatic heterocycles. The maximum atomic E-state index is 12.5. The quantitative estimate of drug-likeness (QED) is 0.110. The van der Waals surface area contributed by atoms with E-state index in [1.807, 2.05) is 0 Å². The molecule has 0 unspecified atom stereocenters. The second kappa shape index (κ2) is 10.5. The van der Waals surface area contributed by atoms with Gasteiger partial charge in [0.05, 0.1) is 22.2 Å². The molecule has 0 aliphatic heterocycles. The number of fused-ring (bicyclic) bond motifs is 1. The molecular formula is C19H19N3O14S4. The first-order chi connectivity index (χ1) is 18.1. The van der Waals surface area contributed by atoms with Gasteiger partial charge in [-0.3, -0.25) is 13.7 Å². The first kappa shape index (κ1) is 31.1. The Labute approximate surface area is 226 Å². The molecule has 0 aliphatic rings. The number of nitrogens with two attached hydrogens (primary N) is 1. The predicted molar refractivity (Wildman–Crippen MR) is 136 cm³/mol. The molecule has 0 aliphatic carbocycles. The monoisotopic (exact) mass is 641 g/mol. The molecule has 0 saturated heterocycles. The summed E-state index contributed by atoms with van der Waals surface area (Å²) >= 11 is 0. The van der Waals surface area contributed by atoms with Crippen LogP contribution in [0.3, 0.4) is 0 Å². The van der Waals surface area contributed by atoms with Crippen molar-refractivity contribution in [2.24, 2.45) is 10.2 Å². The minimum Gasteiger partial charge on any atom is -0.506 e. The molecule has 3 aromatic carbocycles. The summed E-state index contributed by atoms with van der Waals surface area (Å²) < 4.78 is 125. The van der Waals surface area contributed by atoms with Gasteiger partial charge >= 0.3 is 10.4 Å². The summed E-state index contributed by atoms with van der Waals surface area (Å²) in [5.74, 6) is -2.70. The predicted octanol–water partition coefficient (Wildman–Crippen LogP) is 1.64. The molecular weight excluding hydrogens is 622 g/mol. The van der Waals surface area contributed by atoms with E-state index < -0.39 is 96.1 Å². The Morgan fingerprint density at radius 3 is 2.00 bits per heavy atom. The molecule has 21 heteroatoms. The standard InChI is InChI=1S/C19H19N3O14S4/c1-9-4-13(14(23)8-15(9)37(25,26)3-2-36-40(33,34)35)21-22-18-16(39(30,31)32)6-10-5-11(38(27,28)29)7-12(20)17(10)19(18)24/h4-8,23-24H,2-3,20H2,1H3,(H,27,28,29)(H,30,31,32)(H,33,34,35). The van der Waals surface area contributed by atoms with Crippen molar-refractivity contribution in [3.8, 4) is 11.5 Å². The lowest BCUT2D eigenvalue weighted by molar-refractivity contribution is 0.284. The van der Waals surface area contributed by atoms with Gasteiger partial charge in [0.15, 0.2) is 15.6 Å². The lowest BCUT2D eigenvalue weighted by Gasteiger charge is -2.12. The molecule has 7 N–H and O–H groups in total. The maximum Gasteiger partial charge on any atom is 0.397 e. The zero-order chi connectivity index (χ0) is 30.4. The molecule has 40 heavy (non-hydrogen) atoms. The molecule has 17 nitrogen and oxygen atoms in total. The van der Waals surface area contributed by atoms with Gasteiger partial charge < -0.3 is 15.9 Å². The molecule has 0 radical (unpaired) electrons. The Bertz CT molecular complexity index is 2000. The van der Waals surface area contributed by atoms with E-state index >= 15 is 0 Å². The van der Waals surface area contributed by atoms with Crippen molar-refractivity contribution >= 4 is 68.3 Å². The number of phenolic OH excluding ortho intramolecular Hbond substituents is 2. The van der Waals surface area contributed by atoms with Gasteiger partial charge in [0.2, 0.25) is 0 Å². The van der Waals surface area contributed by atoms with Crippen LogP contribution in [0.1, 0.15) is 5.56 Å². The van der Waals surface area contributed by atoms with Crippen LogP contribution in [0.25, 0.3) is 10.8 Å². The Balaban J connectivity index is 2.13. The number of rotatable bonds is 9. The molecule has 3 aromatic rings. The molecule has 0 heterocycles. The fraction of sp³-hybridized carbons (Fsp3) is 0.158. The van der Waals surface area contributed by atoms with Crippen molar-refractivity contribution in [2.45, 2.75) is 21.6 Å². The van der Waals surface area contributed by atoms with E-state index in [1.54, 1.807) is 0 Å². The van der Waals surface area contributed by atoms with Gasteiger partial charge in [-0.2, -0.15) is 25.3 Å². The van der Waals surface area contributed by atoms with Gasteiger partial charge in [-0.25, -0.2) is 12.6 Å². The molecule has 0 bridgehead atoms. The smallest absolute Gasteiger partial charge is 0.397 e. The Morgan fingerprint density at radius 2 is 1.45 bits per heavy atom. The van der Waals surface area contributed by atoms with Crippen LogP contribution >= 0.6 is 0 Å². The number of hydrogen-bond donors (Lipinski definition) is 6. The van der Waals surface area contributed by atoms with E-state index in [1.165, 1.54) is 6.92 Å². The lowest BCUT2D eigenvalue weighted by atomic mass is 10.1. The average Bonchev–Trinajstić information content (AvgIpc) is 2.77. The van der Waals surface area contributed by atoms with Crippen LogP contribution in [0, 0.1) is 6.92 Å². The first-order valence-corrected chi connectivity index (χ1v) is 16.2. The average molecular weight is 642 g/mol. The third-order valence-electron chi connectivity index (χ3n) is 5.18. The van der Waals surface area contributed by atoms with Crippen molar-refractivity contribution in [2.75, 3.05) is 18.1 Å². The van der Waals surface area contributed by atoms with Crippen LogP contribution in [0.5, 0.6) is 11.5 Å². The summed E-state index contributed by atoms with van der Waals surface area (Å²) in [5, 5.41) is 27.6. The number of sulfone groups is 1. The molecule has 0 spiro atoms. The van der Waals surface area contributed by atoms with Crippen LogP contribution in [-0.4, -0.2) is 69.9 Å². The van der Waals surface area contributed by atoms with Crippen LogP contribution < -0.4 is 5.73 Å². The Kier molecular flexibility index (Phi) is 8.17. The number of nitrogen functional groups attached to an aromatic ring is 1. The van der Waals surface area contributed by atoms with Crippen molar-refractivity contribution in [1.29, 1.82) is 0 Å². The second-order valence-electron chi connectivity index (χ2n) is 8.01.